The molecule has 0 bridgehead atoms. The van der Waals surface area contributed by atoms with E-state index in [4.69, 9.17) is 26.8 Å². The molecule has 3 N–H and O–H groups in total. The maximum absolute atomic E-state index is 13.2. The molecule has 0 radical (unpaired) electrons. The van der Waals surface area contributed by atoms with Crippen molar-refractivity contribution in [3.8, 4) is 11.5 Å². The zero-order chi connectivity index (χ0) is 18.4. The number of hydrogen-bond acceptors (Lipinski definition) is 4. The van der Waals surface area contributed by atoms with E-state index in [9.17, 15) is 9.18 Å². The Balaban J connectivity index is 2.27. The van der Waals surface area contributed by atoms with E-state index >= 15 is 0 Å². The number of hydrogen-bond donors (Lipinski definition) is 2. The van der Waals surface area contributed by atoms with Crippen LogP contribution >= 0.6 is 23.8 Å². The van der Waals surface area contributed by atoms with Gasteiger partial charge in [0.25, 0.3) is 5.91 Å². The third kappa shape index (κ3) is 5.30. The van der Waals surface area contributed by atoms with Crippen LogP contribution in [0.1, 0.15) is 22.8 Å². The fourth-order valence-corrected chi connectivity index (χ4v) is 2.43. The molecular formula is C17H16ClFN2O3S. The predicted molar refractivity (Wildman–Crippen MR) is 97.6 cm³/mol. The van der Waals surface area contributed by atoms with Crippen molar-refractivity contribution in [1.29, 1.82) is 0 Å². The summed E-state index contributed by atoms with van der Waals surface area (Å²) in [4.78, 5) is 12.0. The van der Waals surface area contributed by atoms with Gasteiger partial charge in [-0.25, -0.2) is 4.39 Å². The van der Waals surface area contributed by atoms with Gasteiger partial charge in [0.1, 0.15) is 12.4 Å². The van der Waals surface area contributed by atoms with Crippen LogP contribution in [0.15, 0.2) is 36.4 Å². The number of rotatable bonds is 6. The third-order valence-electron chi connectivity index (χ3n) is 3.08. The molecule has 1 amide bonds. The van der Waals surface area contributed by atoms with Crippen molar-refractivity contribution in [2.45, 2.75) is 13.5 Å². The van der Waals surface area contributed by atoms with Crippen LogP contribution in [-0.2, 0) is 6.61 Å². The van der Waals surface area contributed by atoms with Gasteiger partial charge in [-0.05, 0) is 49.0 Å². The lowest BCUT2D eigenvalue weighted by molar-refractivity contribution is 0.0977. The highest BCUT2D eigenvalue weighted by molar-refractivity contribution is 7.80. The monoisotopic (exact) mass is 382 g/mol. The average molecular weight is 383 g/mol. The smallest absolute Gasteiger partial charge is 0.257 e. The Kier molecular flexibility index (Phi) is 6.55. The highest BCUT2D eigenvalue weighted by Gasteiger charge is 2.17. The Labute approximate surface area is 154 Å². The van der Waals surface area contributed by atoms with Gasteiger partial charge in [0.15, 0.2) is 16.6 Å². The summed E-state index contributed by atoms with van der Waals surface area (Å²) in [6.45, 7) is 2.22. The van der Waals surface area contributed by atoms with E-state index in [0.29, 0.717) is 17.9 Å². The second-order valence-electron chi connectivity index (χ2n) is 4.96. The van der Waals surface area contributed by atoms with Crippen LogP contribution in [-0.4, -0.2) is 17.6 Å². The fraction of sp³-hybridized carbons (Fsp3) is 0.176. The quantitative estimate of drug-likeness (QED) is 0.749. The van der Waals surface area contributed by atoms with Gasteiger partial charge in [-0.1, -0.05) is 23.7 Å². The number of ether oxygens (including phenoxy) is 2. The summed E-state index contributed by atoms with van der Waals surface area (Å²) in [6, 6.07) is 8.90. The number of carbonyl (C=O) groups is 1. The number of nitrogens with two attached hydrogens (primary N) is 1. The van der Waals surface area contributed by atoms with Crippen LogP contribution < -0.4 is 20.5 Å². The van der Waals surface area contributed by atoms with E-state index in [1.54, 1.807) is 19.1 Å². The molecular weight excluding hydrogens is 367 g/mol. The first-order chi connectivity index (χ1) is 11.9. The maximum atomic E-state index is 13.2. The van der Waals surface area contributed by atoms with Crippen LogP contribution in [0.5, 0.6) is 11.5 Å². The van der Waals surface area contributed by atoms with Crippen molar-refractivity contribution < 1.29 is 18.7 Å². The number of halogens is 2. The van der Waals surface area contributed by atoms with Crippen molar-refractivity contribution in [2.24, 2.45) is 5.73 Å². The van der Waals surface area contributed by atoms with Crippen LogP contribution in [0.4, 0.5) is 4.39 Å². The minimum absolute atomic E-state index is 0.0932. The number of nitrogens with one attached hydrogen (secondary N) is 1. The summed E-state index contributed by atoms with van der Waals surface area (Å²) in [5.41, 5.74) is 6.15. The Bertz CT molecular complexity index is 801. The van der Waals surface area contributed by atoms with Gasteiger partial charge in [-0.15, -0.1) is 0 Å². The molecule has 0 aliphatic carbocycles. The summed E-state index contributed by atoms with van der Waals surface area (Å²) in [7, 11) is 0. The van der Waals surface area contributed by atoms with Gasteiger partial charge in [-0.2, -0.15) is 0 Å². The van der Waals surface area contributed by atoms with Gasteiger partial charge < -0.3 is 15.2 Å². The number of amides is 1. The van der Waals surface area contributed by atoms with Crippen molar-refractivity contribution >= 4 is 34.8 Å². The molecule has 2 aromatic rings. The van der Waals surface area contributed by atoms with E-state index in [-0.39, 0.29) is 33.9 Å². The molecule has 0 spiro atoms. The summed E-state index contributed by atoms with van der Waals surface area (Å²) < 4.78 is 24.4. The van der Waals surface area contributed by atoms with Crippen LogP contribution in [0.2, 0.25) is 5.02 Å². The SMILES string of the molecule is CCOc1cc(C(=O)NC(N)=S)cc(Cl)c1OCc1cccc(F)c1. The number of carbonyl (C=O) groups excluding carboxylic acids is 1. The standard InChI is InChI=1S/C17H16ClFN2O3S/c1-2-23-14-8-11(16(22)21-17(20)25)7-13(18)15(14)24-9-10-4-3-5-12(19)6-10/h3-8H,2,9H2,1H3,(H3,20,21,22,25). The summed E-state index contributed by atoms with van der Waals surface area (Å²) in [5, 5.41) is 2.34. The summed E-state index contributed by atoms with van der Waals surface area (Å²) in [6.07, 6.45) is 0. The van der Waals surface area contributed by atoms with Crippen molar-refractivity contribution in [3.05, 3.63) is 58.4 Å². The number of thiocarbonyl (C=S) groups is 1. The van der Waals surface area contributed by atoms with E-state index < -0.39 is 5.91 Å². The van der Waals surface area contributed by atoms with E-state index in [2.05, 4.69) is 17.5 Å². The lowest BCUT2D eigenvalue weighted by atomic mass is 10.2. The highest BCUT2D eigenvalue weighted by Crippen LogP contribution is 2.37. The third-order valence-corrected chi connectivity index (χ3v) is 3.46. The maximum Gasteiger partial charge on any atom is 0.257 e. The molecule has 25 heavy (non-hydrogen) atoms. The van der Waals surface area contributed by atoms with Gasteiger partial charge in [0, 0.05) is 5.56 Å². The molecule has 132 valence electrons. The van der Waals surface area contributed by atoms with E-state index in [1.165, 1.54) is 24.3 Å². The Morgan fingerprint density at radius 1 is 1.32 bits per heavy atom. The Hall–Kier alpha value is -2.38. The first-order valence-corrected chi connectivity index (χ1v) is 8.13. The van der Waals surface area contributed by atoms with Crippen molar-refractivity contribution in [3.63, 3.8) is 0 Å². The van der Waals surface area contributed by atoms with Gasteiger partial charge in [0.05, 0.1) is 11.6 Å². The van der Waals surface area contributed by atoms with Crippen LogP contribution in [0.3, 0.4) is 0 Å². The Morgan fingerprint density at radius 2 is 2.08 bits per heavy atom. The van der Waals surface area contributed by atoms with E-state index in [1.807, 2.05) is 0 Å². The topological polar surface area (TPSA) is 73.6 Å². The summed E-state index contributed by atoms with van der Waals surface area (Å²) >= 11 is 10.9. The molecule has 2 aromatic carbocycles. The number of benzene rings is 2. The zero-order valence-electron chi connectivity index (χ0n) is 13.3. The molecule has 0 aliphatic rings. The van der Waals surface area contributed by atoms with Gasteiger partial charge >= 0.3 is 0 Å². The molecule has 0 saturated heterocycles. The van der Waals surface area contributed by atoms with Crippen molar-refractivity contribution in [1.82, 2.24) is 5.32 Å². The normalized spacial score (nSPS) is 10.2. The van der Waals surface area contributed by atoms with Crippen molar-refractivity contribution in [2.75, 3.05) is 6.61 Å². The molecule has 0 aromatic heterocycles. The second-order valence-corrected chi connectivity index (χ2v) is 5.80. The lowest BCUT2D eigenvalue weighted by Gasteiger charge is -2.15. The molecule has 0 saturated carbocycles. The van der Waals surface area contributed by atoms with Gasteiger partial charge in [0.2, 0.25) is 0 Å². The molecule has 0 aliphatic heterocycles. The first-order valence-electron chi connectivity index (χ1n) is 7.35. The molecule has 8 heteroatoms. The molecule has 0 fully saturated rings. The predicted octanol–water partition coefficient (Wildman–Crippen LogP) is 3.43. The fourth-order valence-electron chi connectivity index (χ4n) is 2.07. The zero-order valence-corrected chi connectivity index (χ0v) is 14.9. The Morgan fingerprint density at radius 3 is 2.72 bits per heavy atom. The molecule has 5 nitrogen and oxygen atoms in total. The minimum Gasteiger partial charge on any atom is -0.490 e. The second kappa shape index (κ2) is 8.64. The minimum atomic E-state index is -0.507. The largest absolute Gasteiger partial charge is 0.490 e. The summed E-state index contributed by atoms with van der Waals surface area (Å²) in [5.74, 6) is -0.312. The van der Waals surface area contributed by atoms with Crippen LogP contribution in [0, 0.1) is 5.82 Å². The van der Waals surface area contributed by atoms with E-state index in [0.717, 1.165) is 0 Å². The molecule has 0 heterocycles. The van der Waals surface area contributed by atoms with Gasteiger partial charge in [-0.3, -0.25) is 10.1 Å². The highest BCUT2D eigenvalue weighted by atomic mass is 35.5. The first kappa shape index (κ1) is 19.0. The molecule has 2 rings (SSSR count). The molecule has 0 atom stereocenters. The molecule has 0 unspecified atom stereocenters. The average Bonchev–Trinajstić information content (AvgIpc) is 2.53. The lowest BCUT2D eigenvalue weighted by Crippen LogP contribution is -2.34. The van der Waals surface area contributed by atoms with Crippen LogP contribution in [0.25, 0.3) is 0 Å².